The maximum absolute atomic E-state index is 11.4. The molecule has 8 nitrogen and oxygen atoms in total. The molecule has 1 atom stereocenters. The van der Waals surface area contributed by atoms with Gasteiger partial charge in [-0.3, -0.25) is 4.79 Å². The monoisotopic (exact) mass is 275 g/mol. The topological polar surface area (TPSA) is 117 Å². The summed E-state index contributed by atoms with van der Waals surface area (Å²) < 4.78 is 4.81. The summed E-state index contributed by atoms with van der Waals surface area (Å²) in [6.45, 7) is 0.583. The Kier molecular flexibility index (Phi) is 9.15. The van der Waals surface area contributed by atoms with E-state index in [2.05, 4.69) is 16.0 Å². The van der Waals surface area contributed by atoms with Gasteiger partial charge in [-0.05, 0) is 12.8 Å². The quantitative estimate of drug-likeness (QED) is 0.415. The van der Waals surface area contributed by atoms with Gasteiger partial charge in [0.05, 0.1) is 0 Å². The zero-order chi connectivity index (χ0) is 14.7. The lowest BCUT2D eigenvalue weighted by atomic mass is 10.1. The molecule has 0 aromatic carbocycles. The lowest BCUT2D eigenvalue weighted by Crippen LogP contribution is -2.46. The molecule has 0 bridgehead atoms. The van der Waals surface area contributed by atoms with E-state index in [1.165, 1.54) is 14.2 Å². The molecule has 0 aliphatic carbocycles. The highest BCUT2D eigenvalue weighted by Gasteiger charge is 2.19. The molecule has 0 radical (unpaired) electrons. The first-order chi connectivity index (χ1) is 9.01. The summed E-state index contributed by atoms with van der Waals surface area (Å²) in [4.78, 5) is 33.2. The van der Waals surface area contributed by atoms with Crippen molar-refractivity contribution in [3.8, 4) is 0 Å². The van der Waals surface area contributed by atoms with E-state index >= 15 is 0 Å². The molecule has 0 fully saturated rings. The van der Waals surface area contributed by atoms with Crippen molar-refractivity contribution >= 4 is 17.9 Å². The van der Waals surface area contributed by atoms with Crippen molar-refractivity contribution in [3.05, 3.63) is 0 Å². The number of ether oxygens (including phenoxy) is 1. The van der Waals surface area contributed by atoms with E-state index in [0.29, 0.717) is 13.0 Å². The highest BCUT2D eigenvalue weighted by atomic mass is 16.5. The Morgan fingerprint density at radius 1 is 1.32 bits per heavy atom. The van der Waals surface area contributed by atoms with Crippen molar-refractivity contribution in [3.63, 3.8) is 0 Å². The fourth-order valence-corrected chi connectivity index (χ4v) is 1.31. The van der Waals surface area contributed by atoms with E-state index in [0.717, 1.165) is 0 Å². The van der Waals surface area contributed by atoms with Gasteiger partial charge in [-0.25, -0.2) is 9.59 Å². The minimum atomic E-state index is -1.10. The normalized spacial score (nSPS) is 11.5. The fourth-order valence-electron chi connectivity index (χ4n) is 1.31. The van der Waals surface area contributed by atoms with Gasteiger partial charge >= 0.3 is 12.0 Å². The Morgan fingerprint density at radius 3 is 2.53 bits per heavy atom. The van der Waals surface area contributed by atoms with Crippen LogP contribution in [0.4, 0.5) is 4.79 Å². The Morgan fingerprint density at radius 2 is 2.00 bits per heavy atom. The third-order valence-electron chi connectivity index (χ3n) is 2.36. The predicted octanol–water partition coefficient (Wildman–Crippen LogP) is -0.698. The molecule has 19 heavy (non-hydrogen) atoms. The molecule has 0 rings (SSSR count). The van der Waals surface area contributed by atoms with Gasteiger partial charge in [-0.2, -0.15) is 0 Å². The van der Waals surface area contributed by atoms with Gasteiger partial charge in [0, 0.05) is 33.7 Å². The zero-order valence-electron chi connectivity index (χ0n) is 11.2. The van der Waals surface area contributed by atoms with Gasteiger partial charge in [0.1, 0.15) is 6.04 Å². The number of hydrogen-bond acceptors (Lipinski definition) is 4. The van der Waals surface area contributed by atoms with Crippen LogP contribution in [0.15, 0.2) is 0 Å². The standard InChI is InChI=1S/C11H21N3O5/c1-12-9(15)5-6-13-11(18)14-8(10(16)17)4-3-7-19-2/h8H,3-7H2,1-2H3,(H,12,15)(H,16,17)(H2,13,14,18). The van der Waals surface area contributed by atoms with Crippen LogP contribution in [0.1, 0.15) is 19.3 Å². The smallest absolute Gasteiger partial charge is 0.326 e. The van der Waals surface area contributed by atoms with Crippen LogP contribution in [-0.4, -0.2) is 56.4 Å². The zero-order valence-corrected chi connectivity index (χ0v) is 11.2. The van der Waals surface area contributed by atoms with Gasteiger partial charge < -0.3 is 25.8 Å². The minimum absolute atomic E-state index is 0.144. The molecule has 8 heteroatoms. The number of amides is 3. The number of hydrogen-bond donors (Lipinski definition) is 4. The molecule has 0 aromatic heterocycles. The number of carboxylic acids is 1. The summed E-state index contributed by atoms with van der Waals surface area (Å²) in [6, 6.07) is -1.57. The Bertz CT molecular complexity index is 309. The van der Waals surface area contributed by atoms with Crippen LogP contribution in [0.5, 0.6) is 0 Å². The number of carbonyl (C=O) groups excluding carboxylic acids is 2. The average molecular weight is 275 g/mol. The lowest BCUT2D eigenvalue weighted by molar-refractivity contribution is -0.139. The van der Waals surface area contributed by atoms with Gasteiger partial charge in [-0.15, -0.1) is 0 Å². The van der Waals surface area contributed by atoms with E-state index in [4.69, 9.17) is 9.84 Å². The molecule has 0 heterocycles. The molecular weight excluding hydrogens is 254 g/mol. The average Bonchev–Trinajstić information content (AvgIpc) is 2.37. The van der Waals surface area contributed by atoms with Crippen molar-refractivity contribution in [2.45, 2.75) is 25.3 Å². The van der Waals surface area contributed by atoms with Crippen molar-refractivity contribution in [1.82, 2.24) is 16.0 Å². The first-order valence-electron chi connectivity index (χ1n) is 5.98. The van der Waals surface area contributed by atoms with Crippen molar-refractivity contribution in [1.29, 1.82) is 0 Å². The Labute approximate surface area is 111 Å². The van der Waals surface area contributed by atoms with Crippen molar-refractivity contribution < 1.29 is 24.2 Å². The summed E-state index contributed by atoms with van der Waals surface area (Å²) in [5.41, 5.74) is 0. The highest BCUT2D eigenvalue weighted by Crippen LogP contribution is 1.98. The predicted molar refractivity (Wildman–Crippen MR) is 67.8 cm³/mol. The maximum atomic E-state index is 11.4. The van der Waals surface area contributed by atoms with Crippen molar-refractivity contribution in [2.75, 3.05) is 27.3 Å². The first kappa shape index (κ1) is 17.2. The molecule has 110 valence electrons. The SMILES string of the molecule is CNC(=O)CCNC(=O)NC(CCCOC)C(=O)O. The van der Waals surface area contributed by atoms with Crippen LogP contribution >= 0.6 is 0 Å². The second-order valence-corrected chi connectivity index (χ2v) is 3.85. The third-order valence-corrected chi connectivity index (χ3v) is 2.36. The largest absolute Gasteiger partial charge is 0.480 e. The number of carboxylic acid groups (broad SMARTS) is 1. The summed E-state index contributed by atoms with van der Waals surface area (Å²) >= 11 is 0. The molecule has 0 saturated heterocycles. The second kappa shape index (κ2) is 10.1. The molecule has 0 saturated carbocycles. The van der Waals surface area contributed by atoms with Gasteiger partial charge in [0.15, 0.2) is 0 Å². The number of aliphatic carboxylic acids is 1. The summed E-state index contributed by atoms with van der Waals surface area (Å²) in [7, 11) is 3.02. The lowest BCUT2D eigenvalue weighted by Gasteiger charge is -2.14. The van der Waals surface area contributed by atoms with Gasteiger partial charge in [0.25, 0.3) is 0 Å². The van der Waals surface area contributed by atoms with Crippen LogP contribution in [0, 0.1) is 0 Å². The Balaban J connectivity index is 3.96. The van der Waals surface area contributed by atoms with Gasteiger partial charge in [-0.1, -0.05) is 0 Å². The van der Waals surface area contributed by atoms with E-state index in [1.54, 1.807) is 0 Å². The molecule has 3 amide bonds. The molecule has 0 aliphatic rings. The highest BCUT2D eigenvalue weighted by molar-refractivity contribution is 5.83. The van der Waals surface area contributed by atoms with Crippen LogP contribution in [-0.2, 0) is 14.3 Å². The number of carbonyl (C=O) groups is 3. The Hall–Kier alpha value is -1.83. The van der Waals surface area contributed by atoms with E-state index in [-0.39, 0.29) is 25.3 Å². The second-order valence-electron chi connectivity index (χ2n) is 3.85. The maximum Gasteiger partial charge on any atom is 0.326 e. The third kappa shape index (κ3) is 8.83. The molecule has 0 aliphatic heterocycles. The molecular formula is C11H21N3O5. The molecule has 1 unspecified atom stereocenters. The fraction of sp³-hybridized carbons (Fsp3) is 0.727. The summed E-state index contributed by atoms with van der Waals surface area (Å²) in [6.07, 6.45) is 0.962. The number of urea groups is 1. The van der Waals surface area contributed by atoms with Crippen LogP contribution in [0.2, 0.25) is 0 Å². The first-order valence-corrected chi connectivity index (χ1v) is 5.98. The summed E-state index contributed by atoms with van der Waals surface area (Å²) in [5.74, 6) is -1.30. The van der Waals surface area contributed by atoms with E-state index in [9.17, 15) is 14.4 Å². The van der Waals surface area contributed by atoms with E-state index < -0.39 is 18.0 Å². The number of methoxy groups -OCH3 is 1. The molecule has 4 N–H and O–H groups in total. The van der Waals surface area contributed by atoms with Crippen molar-refractivity contribution in [2.24, 2.45) is 0 Å². The number of nitrogens with one attached hydrogen (secondary N) is 3. The minimum Gasteiger partial charge on any atom is -0.480 e. The van der Waals surface area contributed by atoms with Crippen LogP contribution in [0.25, 0.3) is 0 Å². The van der Waals surface area contributed by atoms with E-state index in [1.807, 2.05) is 0 Å². The summed E-state index contributed by atoms with van der Waals surface area (Å²) in [5, 5.41) is 16.1. The van der Waals surface area contributed by atoms with Gasteiger partial charge in [0.2, 0.25) is 5.91 Å². The number of rotatable bonds is 9. The van der Waals surface area contributed by atoms with Crippen LogP contribution < -0.4 is 16.0 Å². The van der Waals surface area contributed by atoms with Crippen LogP contribution in [0.3, 0.4) is 0 Å². The molecule has 0 aromatic rings. The molecule has 0 spiro atoms.